The van der Waals surface area contributed by atoms with Crippen LogP contribution in [0.3, 0.4) is 0 Å². The fourth-order valence-corrected chi connectivity index (χ4v) is 8.42. The number of hydrogen-bond donors (Lipinski definition) is 1. The van der Waals surface area contributed by atoms with E-state index in [1.807, 2.05) is 37.3 Å². The number of ether oxygens (including phenoxy) is 4. The standard InChI is InChI=1S/C43H71N2O12P/c1-10-53-58(51,54-11-2)30-36(47)45(9)28-35(46)44-37(39-42(50)57-43(7,8)56-39)41(49)55-38(33(6)40(48)52-29-34-26-22-19-23-27-34)32(5)25-21-18-16-14-12-13-15-17-20-24-31(3)4/h19,22-23,26-27,31-33,37-39H,10-18,20-21,24-25,28-30H2,1-9H3,(H,44,46)/t32-,33+,37+,38+,39+/m1/s1. The molecule has 58 heavy (non-hydrogen) atoms. The minimum absolute atomic E-state index is 0.0309. The van der Waals surface area contributed by atoms with Crippen molar-refractivity contribution in [1.82, 2.24) is 10.2 Å². The van der Waals surface area contributed by atoms with Crippen LogP contribution in [0.4, 0.5) is 0 Å². The average molecular weight is 839 g/mol. The van der Waals surface area contributed by atoms with E-state index in [9.17, 15) is 28.5 Å². The number of esters is 3. The van der Waals surface area contributed by atoms with E-state index in [4.69, 9.17) is 28.0 Å². The number of cyclic esters (lactones) is 1. The lowest BCUT2D eigenvalue weighted by atomic mass is 9.88. The molecule has 2 amide bonds. The minimum atomic E-state index is -3.76. The zero-order valence-electron chi connectivity index (χ0n) is 36.5. The van der Waals surface area contributed by atoms with Gasteiger partial charge in [-0.2, -0.15) is 0 Å². The Morgan fingerprint density at radius 1 is 0.845 bits per heavy atom. The molecule has 1 aromatic rings. The van der Waals surface area contributed by atoms with Crippen molar-refractivity contribution < 1.29 is 56.5 Å². The lowest BCUT2D eigenvalue weighted by Crippen LogP contribution is -2.55. The highest BCUT2D eigenvalue weighted by atomic mass is 31.2. The predicted octanol–water partition coefficient (Wildman–Crippen LogP) is 7.75. The monoisotopic (exact) mass is 838 g/mol. The van der Waals surface area contributed by atoms with Crippen LogP contribution in [0.25, 0.3) is 0 Å². The molecule has 5 atom stereocenters. The highest BCUT2D eigenvalue weighted by Gasteiger charge is 2.50. The van der Waals surface area contributed by atoms with Gasteiger partial charge in [-0.3, -0.25) is 18.9 Å². The minimum Gasteiger partial charge on any atom is -0.461 e. The summed E-state index contributed by atoms with van der Waals surface area (Å²) in [5.41, 5.74) is 0.796. The molecule has 0 radical (unpaired) electrons. The van der Waals surface area contributed by atoms with Crippen molar-refractivity contribution in [2.75, 3.05) is 33.0 Å². The molecule has 1 aliphatic heterocycles. The first-order valence-corrected chi connectivity index (χ1v) is 22.9. The largest absolute Gasteiger partial charge is 0.461 e. The number of rotatable bonds is 29. The second-order valence-electron chi connectivity index (χ2n) is 16.2. The highest BCUT2D eigenvalue weighted by molar-refractivity contribution is 7.54. The van der Waals surface area contributed by atoms with Crippen LogP contribution in [-0.2, 0) is 63.1 Å². The second kappa shape index (κ2) is 26.0. The Hall–Kier alpha value is -3.32. The first-order valence-electron chi connectivity index (χ1n) is 21.1. The first-order chi connectivity index (χ1) is 27.4. The molecule has 1 fully saturated rings. The Balaban J connectivity index is 2.19. The van der Waals surface area contributed by atoms with Crippen LogP contribution in [0.5, 0.6) is 0 Å². The van der Waals surface area contributed by atoms with E-state index in [2.05, 4.69) is 19.2 Å². The van der Waals surface area contributed by atoms with Gasteiger partial charge in [-0.05, 0) is 44.6 Å². The van der Waals surface area contributed by atoms with Gasteiger partial charge in [0, 0.05) is 20.9 Å². The van der Waals surface area contributed by atoms with Gasteiger partial charge in [-0.15, -0.1) is 0 Å². The molecular formula is C43H71N2O12P. The summed E-state index contributed by atoms with van der Waals surface area (Å²) < 4.78 is 46.2. The lowest BCUT2D eigenvalue weighted by Gasteiger charge is -2.31. The second-order valence-corrected chi connectivity index (χ2v) is 18.2. The first kappa shape index (κ1) is 50.8. The summed E-state index contributed by atoms with van der Waals surface area (Å²) in [5.74, 6) is -5.90. The maximum absolute atomic E-state index is 14.1. The van der Waals surface area contributed by atoms with Crippen molar-refractivity contribution in [2.24, 2.45) is 17.8 Å². The molecule has 1 aromatic carbocycles. The Labute approximate surface area is 346 Å². The van der Waals surface area contributed by atoms with E-state index in [0.717, 1.165) is 42.1 Å². The van der Waals surface area contributed by atoms with Crippen molar-refractivity contribution in [3.8, 4) is 0 Å². The smallest absolute Gasteiger partial charge is 0.340 e. The van der Waals surface area contributed by atoms with E-state index in [-0.39, 0.29) is 25.7 Å². The van der Waals surface area contributed by atoms with E-state index >= 15 is 0 Å². The van der Waals surface area contributed by atoms with Crippen molar-refractivity contribution >= 4 is 37.3 Å². The highest BCUT2D eigenvalue weighted by Crippen LogP contribution is 2.47. The molecule has 0 aliphatic carbocycles. The number of hydrogen-bond acceptors (Lipinski definition) is 12. The molecular weight excluding hydrogens is 767 g/mol. The van der Waals surface area contributed by atoms with Gasteiger partial charge in [0.25, 0.3) is 0 Å². The predicted molar refractivity (Wildman–Crippen MR) is 220 cm³/mol. The van der Waals surface area contributed by atoms with E-state index in [1.165, 1.54) is 59.4 Å². The molecule has 1 saturated heterocycles. The molecule has 1 heterocycles. The molecule has 14 nitrogen and oxygen atoms in total. The Kier molecular flexibility index (Phi) is 22.8. The van der Waals surface area contributed by atoms with Gasteiger partial charge < -0.3 is 38.2 Å². The zero-order valence-corrected chi connectivity index (χ0v) is 37.4. The third-order valence-corrected chi connectivity index (χ3v) is 12.0. The number of likely N-dealkylation sites (N-methyl/N-ethyl adjacent to an activating group) is 1. The van der Waals surface area contributed by atoms with Crippen LogP contribution in [0.2, 0.25) is 0 Å². The quantitative estimate of drug-likeness (QED) is 0.0360. The Morgan fingerprint density at radius 2 is 1.40 bits per heavy atom. The average Bonchev–Trinajstić information content (AvgIpc) is 3.44. The Morgan fingerprint density at radius 3 is 1.91 bits per heavy atom. The number of amides is 2. The maximum atomic E-state index is 14.1. The molecule has 0 aromatic heterocycles. The zero-order chi connectivity index (χ0) is 43.3. The number of carbonyl (C=O) groups is 5. The van der Waals surface area contributed by atoms with Crippen LogP contribution in [0.15, 0.2) is 30.3 Å². The topological polar surface area (TPSA) is 173 Å². The lowest BCUT2D eigenvalue weighted by molar-refractivity contribution is -0.173. The molecule has 0 saturated carbocycles. The third-order valence-electron chi connectivity index (χ3n) is 9.99. The number of nitrogens with zero attached hydrogens (tertiary/aromatic N) is 1. The molecule has 15 heteroatoms. The van der Waals surface area contributed by atoms with Crippen molar-refractivity contribution in [3.63, 3.8) is 0 Å². The molecule has 330 valence electrons. The van der Waals surface area contributed by atoms with Crippen molar-refractivity contribution in [3.05, 3.63) is 35.9 Å². The Bertz CT molecular complexity index is 1460. The van der Waals surface area contributed by atoms with E-state index in [1.54, 1.807) is 20.8 Å². The maximum Gasteiger partial charge on any atom is 0.340 e. The summed E-state index contributed by atoms with van der Waals surface area (Å²) in [4.78, 5) is 68.0. The van der Waals surface area contributed by atoms with Crippen LogP contribution in [0, 0.1) is 17.8 Å². The normalized spacial score (nSPS) is 17.2. The fourth-order valence-electron chi connectivity index (χ4n) is 6.80. The summed E-state index contributed by atoms with van der Waals surface area (Å²) in [6.45, 7) is 13.8. The van der Waals surface area contributed by atoms with Gasteiger partial charge >= 0.3 is 25.5 Å². The van der Waals surface area contributed by atoms with Crippen molar-refractivity contribution in [2.45, 2.75) is 157 Å². The summed E-state index contributed by atoms with van der Waals surface area (Å²) in [5, 5.41) is 2.50. The van der Waals surface area contributed by atoms with Gasteiger partial charge in [-0.25, -0.2) is 9.59 Å². The number of benzene rings is 1. The molecule has 1 N–H and O–H groups in total. The van der Waals surface area contributed by atoms with Crippen LogP contribution >= 0.6 is 7.60 Å². The molecule has 1 aliphatic rings. The van der Waals surface area contributed by atoms with Gasteiger partial charge in [-0.1, -0.05) is 115 Å². The van der Waals surface area contributed by atoms with Crippen LogP contribution < -0.4 is 5.32 Å². The number of unbranched alkanes of at least 4 members (excludes halogenated alkanes) is 8. The van der Waals surface area contributed by atoms with Gasteiger partial charge in [0.05, 0.1) is 25.7 Å². The van der Waals surface area contributed by atoms with E-state index in [0.29, 0.717) is 6.42 Å². The molecule has 0 spiro atoms. The summed E-state index contributed by atoms with van der Waals surface area (Å²) >= 11 is 0. The van der Waals surface area contributed by atoms with Gasteiger partial charge in [0.2, 0.25) is 17.6 Å². The van der Waals surface area contributed by atoms with Gasteiger partial charge in [0.1, 0.15) is 18.9 Å². The third kappa shape index (κ3) is 18.7. The SMILES string of the molecule is CCOP(=O)(CC(=O)N(C)CC(=O)N[C@H](C(=O)O[C@@H]([C@H](C)CCCCCCCCCCCC(C)C)[C@H](C)C(=O)OCc1ccccc1)[C@@H]1OC(C)(C)OC1=O)OCC. The van der Waals surface area contributed by atoms with Crippen molar-refractivity contribution in [1.29, 1.82) is 0 Å². The van der Waals surface area contributed by atoms with Gasteiger partial charge in [0.15, 0.2) is 12.1 Å². The van der Waals surface area contributed by atoms with E-state index < -0.39 is 80.0 Å². The number of nitrogens with one attached hydrogen (secondary N) is 1. The fraction of sp³-hybridized carbons (Fsp3) is 0.744. The molecule has 2 rings (SSSR count). The number of carbonyl (C=O) groups excluding carboxylic acids is 5. The summed E-state index contributed by atoms with van der Waals surface area (Å²) in [6.07, 6.45) is 9.07. The summed E-state index contributed by atoms with van der Waals surface area (Å²) in [7, 11) is -2.45. The molecule has 0 bridgehead atoms. The van der Waals surface area contributed by atoms with Crippen LogP contribution in [0.1, 0.15) is 132 Å². The van der Waals surface area contributed by atoms with Crippen LogP contribution in [-0.4, -0.2) is 91.6 Å². The summed E-state index contributed by atoms with van der Waals surface area (Å²) in [6, 6.07) is 7.51. The molecule has 0 unspecified atom stereocenters.